The molecular weight excluding hydrogens is 284 g/mol. The topological polar surface area (TPSA) is 24.5 Å². The molecule has 0 aromatic heterocycles. The van der Waals surface area contributed by atoms with Crippen molar-refractivity contribution in [3.05, 3.63) is 29.3 Å². The van der Waals surface area contributed by atoms with E-state index in [1.165, 1.54) is 51.9 Å². The normalized spacial score (nSPS) is 26.9. The third-order valence-electron chi connectivity index (χ3n) is 4.77. The van der Waals surface area contributed by atoms with Gasteiger partial charge in [-0.15, -0.1) is 0 Å². The minimum Gasteiger partial charge on any atom is -0.492 e. The van der Waals surface area contributed by atoms with E-state index in [-0.39, 0.29) is 0 Å². The van der Waals surface area contributed by atoms with Crippen LogP contribution in [0.5, 0.6) is 5.75 Å². The smallest absolute Gasteiger partial charge is 0.120 e. The fraction of sp³-hybridized carbons (Fsp3) is 0.647. The van der Waals surface area contributed by atoms with Gasteiger partial charge in [0.1, 0.15) is 12.4 Å². The molecule has 4 heteroatoms. The van der Waals surface area contributed by atoms with E-state index in [0.29, 0.717) is 5.41 Å². The number of piperidine rings is 2. The van der Waals surface area contributed by atoms with Crippen LogP contribution in [0.1, 0.15) is 25.7 Å². The minimum atomic E-state index is 0.520. The van der Waals surface area contributed by atoms with Gasteiger partial charge in [0.2, 0.25) is 0 Å². The number of hydrogen-bond acceptors (Lipinski definition) is 3. The van der Waals surface area contributed by atoms with Gasteiger partial charge in [0.25, 0.3) is 0 Å². The summed E-state index contributed by atoms with van der Waals surface area (Å²) in [5.41, 5.74) is 0.520. The van der Waals surface area contributed by atoms with Gasteiger partial charge in [-0.3, -0.25) is 4.90 Å². The van der Waals surface area contributed by atoms with Gasteiger partial charge in [0.05, 0.1) is 0 Å². The van der Waals surface area contributed by atoms with Crippen molar-refractivity contribution in [1.29, 1.82) is 0 Å². The Morgan fingerprint density at radius 2 is 2.19 bits per heavy atom. The predicted octanol–water partition coefficient (Wildman–Crippen LogP) is 3.18. The van der Waals surface area contributed by atoms with Gasteiger partial charge in [-0.2, -0.15) is 0 Å². The van der Waals surface area contributed by atoms with Crippen LogP contribution in [-0.2, 0) is 0 Å². The summed E-state index contributed by atoms with van der Waals surface area (Å²) in [7, 11) is 0. The first-order valence-electron chi connectivity index (χ1n) is 8.07. The van der Waals surface area contributed by atoms with E-state index in [1.807, 2.05) is 24.3 Å². The Kier molecular flexibility index (Phi) is 5.04. The van der Waals surface area contributed by atoms with Crippen molar-refractivity contribution in [3.8, 4) is 5.75 Å². The van der Waals surface area contributed by atoms with Crippen LogP contribution in [0.4, 0.5) is 0 Å². The van der Waals surface area contributed by atoms with Crippen molar-refractivity contribution >= 4 is 11.6 Å². The Balaban J connectivity index is 1.46. The van der Waals surface area contributed by atoms with Crippen molar-refractivity contribution in [2.24, 2.45) is 5.41 Å². The Morgan fingerprint density at radius 1 is 1.29 bits per heavy atom. The lowest BCUT2D eigenvalue weighted by molar-refractivity contribution is 0.0563. The molecule has 0 bridgehead atoms. The summed E-state index contributed by atoms with van der Waals surface area (Å²) in [5.74, 6) is 0.869. The Labute approximate surface area is 132 Å². The molecule has 1 atom stereocenters. The van der Waals surface area contributed by atoms with E-state index in [0.717, 1.165) is 23.9 Å². The largest absolute Gasteiger partial charge is 0.492 e. The van der Waals surface area contributed by atoms with Crippen LogP contribution in [0.2, 0.25) is 5.02 Å². The van der Waals surface area contributed by atoms with Crippen molar-refractivity contribution in [2.75, 3.05) is 39.3 Å². The number of halogens is 1. The molecule has 1 N–H and O–H groups in total. The standard InChI is InChI=1S/C17H25ClN2O/c18-15-4-1-5-16(12-15)21-11-10-20-9-3-7-17(14-20)6-2-8-19-13-17/h1,4-5,12,19H,2-3,6-11,13-14H2. The molecule has 0 saturated carbocycles. The highest BCUT2D eigenvalue weighted by molar-refractivity contribution is 6.30. The van der Waals surface area contributed by atoms with Crippen LogP contribution in [0, 0.1) is 5.41 Å². The Morgan fingerprint density at radius 3 is 3.00 bits per heavy atom. The van der Waals surface area contributed by atoms with E-state index in [1.54, 1.807) is 0 Å². The lowest BCUT2D eigenvalue weighted by Gasteiger charge is -2.45. The molecular formula is C17H25ClN2O. The third-order valence-corrected chi connectivity index (χ3v) is 5.01. The molecule has 1 aromatic rings. The van der Waals surface area contributed by atoms with E-state index >= 15 is 0 Å². The Hall–Kier alpha value is -0.770. The van der Waals surface area contributed by atoms with Gasteiger partial charge in [-0.25, -0.2) is 0 Å². The van der Waals surface area contributed by atoms with E-state index < -0.39 is 0 Å². The number of likely N-dealkylation sites (tertiary alicyclic amines) is 1. The number of rotatable bonds is 4. The molecule has 1 spiro atoms. The van der Waals surface area contributed by atoms with Crippen molar-refractivity contribution in [2.45, 2.75) is 25.7 Å². The van der Waals surface area contributed by atoms with E-state index in [2.05, 4.69) is 10.2 Å². The fourth-order valence-electron chi connectivity index (χ4n) is 3.73. The first-order valence-corrected chi connectivity index (χ1v) is 8.45. The maximum absolute atomic E-state index is 5.97. The van der Waals surface area contributed by atoms with Gasteiger partial charge >= 0.3 is 0 Å². The van der Waals surface area contributed by atoms with Crippen LogP contribution in [-0.4, -0.2) is 44.2 Å². The zero-order chi connectivity index (χ0) is 14.5. The zero-order valence-corrected chi connectivity index (χ0v) is 13.4. The SMILES string of the molecule is Clc1cccc(OCCN2CCCC3(CCCNC3)C2)c1. The molecule has 0 radical (unpaired) electrons. The third kappa shape index (κ3) is 4.12. The molecule has 116 valence electrons. The summed E-state index contributed by atoms with van der Waals surface area (Å²) in [5, 5.41) is 4.32. The minimum absolute atomic E-state index is 0.520. The molecule has 2 fully saturated rings. The van der Waals surface area contributed by atoms with Gasteiger partial charge in [0, 0.05) is 24.7 Å². The van der Waals surface area contributed by atoms with Gasteiger partial charge in [0.15, 0.2) is 0 Å². The molecule has 0 aliphatic carbocycles. The second-order valence-corrected chi connectivity index (χ2v) is 6.90. The Bertz CT molecular complexity index is 454. The maximum Gasteiger partial charge on any atom is 0.120 e. The number of hydrogen-bond donors (Lipinski definition) is 1. The average molecular weight is 309 g/mol. The van der Waals surface area contributed by atoms with Crippen LogP contribution in [0.15, 0.2) is 24.3 Å². The highest BCUT2D eigenvalue weighted by Gasteiger charge is 2.36. The summed E-state index contributed by atoms with van der Waals surface area (Å²) >= 11 is 5.97. The number of benzene rings is 1. The zero-order valence-electron chi connectivity index (χ0n) is 12.6. The molecule has 2 aliphatic heterocycles. The monoisotopic (exact) mass is 308 g/mol. The first kappa shape index (κ1) is 15.1. The summed E-state index contributed by atoms with van der Waals surface area (Å²) in [6, 6.07) is 7.65. The predicted molar refractivity (Wildman–Crippen MR) is 87.2 cm³/mol. The van der Waals surface area contributed by atoms with Crippen molar-refractivity contribution in [3.63, 3.8) is 0 Å². The molecule has 0 amide bonds. The van der Waals surface area contributed by atoms with Crippen LogP contribution < -0.4 is 10.1 Å². The van der Waals surface area contributed by atoms with Gasteiger partial charge in [-0.1, -0.05) is 17.7 Å². The molecule has 3 nitrogen and oxygen atoms in total. The second kappa shape index (κ2) is 6.99. The van der Waals surface area contributed by atoms with Crippen LogP contribution in [0.25, 0.3) is 0 Å². The highest BCUT2D eigenvalue weighted by Crippen LogP contribution is 2.35. The van der Waals surface area contributed by atoms with E-state index in [4.69, 9.17) is 16.3 Å². The molecule has 1 aromatic carbocycles. The van der Waals surface area contributed by atoms with Gasteiger partial charge < -0.3 is 10.1 Å². The highest BCUT2D eigenvalue weighted by atomic mass is 35.5. The molecule has 2 heterocycles. The van der Waals surface area contributed by atoms with Crippen LogP contribution in [0.3, 0.4) is 0 Å². The average Bonchev–Trinajstić information content (AvgIpc) is 2.48. The lowest BCUT2D eigenvalue weighted by Crippen LogP contribution is -2.51. The molecule has 1 unspecified atom stereocenters. The van der Waals surface area contributed by atoms with Crippen molar-refractivity contribution in [1.82, 2.24) is 10.2 Å². The lowest BCUT2D eigenvalue weighted by atomic mass is 9.74. The van der Waals surface area contributed by atoms with Crippen LogP contribution >= 0.6 is 11.6 Å². The maximum atomic E-state index is 5.97. The number of nitrogens with zero attached hydrogens (tertiary/aromatic N) is 1. The molecule has 3 rings (SSSR count). The molecule has 21 heavy (non-hydrogen) atoms. The quantitative estimate of drug-likeness (QED) is 0.924. The summed E-state index contributed by atoms with van der Waals surface area (Å²) in [4.78, 5) is 2.57. The summed E-state index contributed by atoms with van der Waals surface area (Å²) in [6.45, 7) is 6.57. The second-order valence-electron chi connectivity index (χ2n) is 6.47. The summed E-state index contributed by atoms with van der Waals surface area (Å²) < 4.78 is 5.82. The number of ether oxygens (including phenoxy) is 1. The van der Waals surface area contributed by atoms with Crippen molar-refractivity contribution < 1.29 is 4.74 Å². The van der Waals surface area contributed by atoms with Gasteiger partial charge in [-0.05, 0) is 62.4 Å². The fourth-order valence-corrected chi connectivity index (χ4v) is 3.91. The molecule has 2 aliphatic rings. The van der Waals surface area contributed by atoms with E-state index in [9.17, 15) is 0 Å². The molecule has 2 saturated heterocycles. The summed E-state index contributed by atoms with van der Waals surface area (Å²) in [6.07, 6.45) is 5.41. The number of nitrogens with one attached hydrogen (secondary N) is 1. The first-order chi connectivity index (χ1) is 10.3.